The summed E-state index contributed by atoms with van der Waals surface area (Å²) >= 11 is 0. The van der Waals surface area contributed by atoms with E-state index in [9.17, 15) is 5.11 Å². The molecule has 0 amide bonds. The van der Waals surface area contributed by atoms with Gasteiger partial charge in [-0.2, -0.15) is 5.26 Å². The lowest BCUT2D eigenvalue weighted by Gasteiger charge is -2.21. The van der Waals surface area contributed by atoms with Gasteiger partial charge in [0, 0.05) is 11.4 Å². The lowest BCUT2D eigenvalue weighted by Crippen LogP contribution is -2.29. The van der Waals surface area contributed by atoms with Crippen LogP contribution in [0.15, 0.2) is 18.2 Å². The second-order valence-electron chi connectivity index (χ2n) is 4.09. The fourth-order valence-corrected chi connectivity index (χ4v) is 1.38. The molecule has 0 aromatic heterocycles. The number of nitrogen functional groups attached to an aromatic ring is 1. The average molecular weight is 219 g/mol. The van der Waals surface area contributed by atoms with Gasteiger partial charge in [-0.05, 0) is 24.1 Å². The summed E-state index contributed by atoms with van der Waals surface area (Å²) in [5, 5.41) is 21.2. The summed E-state index contributed by atoms with van der Waals surface area (Å²) in [4.78, 5) is 0. The van der Waals surface area contributed by atoms with Gasteiger partial charge < -0.3 is 16.2 Å². The van der Waals surface area contributed by atoms with Crippen molar-refractivity contribution in [2.45, 2.75) is 19.9 Å². The Bertz CT molecular complexity index is 396. The summed E-state index contributed by atoms with van der Waals surface area (Å²) in [6.45, 7) is 4.11. The Hall–Kier alpha value is -1.73. The van der Waals surface area contributed by atoms with Crippen molar-refractivity contribution in [1.82, 2.24) is 0 Å². The van der Waals surface area contributed by atoms with Crippen LogP contribution in [0.25, 0.3) is 0 Å². The largest absolute Gasteiger partial charge is 0.398 e. The highest BCUT2D eigenvalue weighted by molar-refractivity contribution is 5.62. The van der Waals surface area contributed by atoms with Gasteiger partial charge in [0.15, 0.2) is 0 Å². The lowest BCUT2D eigenvalue weighted by atomic mass is 10.0. The van der Waals surface area contributed by atoms with E-state index in [1.165, 1.54) is 0 Å². The second kappa shape index (κ2) is 5.38. The molecule has 0 radical (unpaired) electrons. The number of anilines is 2. The van der Waals surface area contributed by atoms with Gasteiger partial charge in [-0.3, -0.25) is 0 Å². The first-order chi connectivity index (χ1) is 7.58. The number of aliphatic hydroxyl groups is 1. The molecule has 86 valence electrons. The Balaban J connectivity index is 2.86. The smallest absolute Gasteiger partial charge is 0.101 e. The predicted molar refractivity (Wildman–Crippen MR) is 64.9 cm³/mol. The number of nitrogens with two attached hydrogens (primary N) is 1. The predicted octanol–water partition coefficient (Wildman–Crippen LogP) is 1.57. The first-order valence-electron chi connectivity index (χ1n) is 5.25. The van der Waals surface area contributed by atoms with E-state index in [4.69, 9.17) is 11.0 Å². The normalized spacial score (nSPS) is 12.2. The highest BCUT2D eigenvalue weighted by Gasteiger charge is 2.12. The highest BCUT2D eigenvalue weighted by Crippen LogP contribution is 2.18. The summed E-state index contributed by atoms with van der Waals surface area (Å²) in [6.07, 6.45) is 0. The van der Waals surface area contributed by atoms with E-state index < -0.39 is 0 Å². The molecule has 4 N–H and O–H groups in total. The molecular weight excluding hydrogens is 202 g/mol. The maximum absolute atomic E-state index is 9.19. The van der Waals surface area contributed by atoms with Gasteiger partial charge in [0.05, 0.1) is 18.2 Å². The molecule has 0 saturated heterocycles. The van der Waals surface area contributed by atoms with E-state index >= 15 is 0 Å². The minimum atomic E-state index is -0.0184. The number of hydrogen-bond acceptors (Lipinski definition) is 4. The second-order valence-corrected chi connectivity index (χ2v) is 4.09. The molecule has 4 heteroatoms. The molecule has 16 heavy (non-hydrogen) atoms. The fraction of sp³-hybridized carbons (Fsp3) is 0.417. The zero-order valence-corrected chi connectivity index (χ0v) is 9.57. The third-order valence-electron chi connectivity index (χ3n) is 2.53. The minimum absolute atomic E-state index is 0.0184. The van der Waals surface area contributed by atoms with Crippen LogP contribution in [0.2, 0.25) is 0 Å². The summed E-state index contributed by atoms with van der Waals surface area (Å²) in [5.41, 5.74) is 7.35. The number of nitrogens with one attached hydrogen (secondary N) is 1. The van der Waals surface area contributed by atoms with Crippen LogP contribution in [-0.4, -0.2) is 17.8 Å². The SMILES string of the molecule is CC(C)C(CO)Nc1ccc(N)c(C#N)c1. The van der Waals surface area contributed by atoms with E-state index in [1.807, 2.05) is 19.9 Å². The molecule has 1 atom stereocenters. The zero-order chi connectivity index (χ0) is 12.1. The Morgan fingerprint density at radius 3 is 2.69 bits per heavy atom. The summed E-state index contributed by atoms with van der Waals surface area (Å²) < 4.78 is 0. The summed E-state index contributed by atoms with van der Waals surface area (Å²) in [7, 11) is 0. The molecular formula is C12H17N3O. The highest BCUT2D eigenvalue weighted by atomic mass is 16.3. The molecule has 1 aromatic carbocycles. The number of rotatable bonds is 4. The molecule has 0 spiro atoms. The molecule has 1 rings (SSSR count). The molecule has 0 heterocycles. The van der Waals surface area contributed by atoms with Crippen LogP contribution >= 0.6 is 0 Å². The van der Waals surface area contributed by atoms with Crippen molar-refractivity contribution in [3.63, 3.8) is 0 Å². The van der Waals surface area contributed by atoms with Gasteiger partial charge >= 0.3 is 0 Å². The maximum atomic E-state index is 9.19. The topological polar surface area (TPSA) is 82.1 Å². The van der Waals surface area contributed by atoms with Gasteiger partial charge in [-0.1, -0.05) is 13.8 Å². The van der Waals surface area contributed by atoms with E-state index in [2.05, 4.69) is 5.32 Å². The first-order valence-corrected chi connectivity index (χ1v) is 5.25. The lowest BCUT2D eigenvalue weighted by molar-refractivity contribution is 0.249. The minimum Gasteiger partial charge on any atom is -0.398 e. The van der Waals surface area contributed by atoms with Crippen molar-refractivity contribution in [3.8, 4) is 6.07 Å². The van der Waals surface area contributed by atoms with Crippen LogP contribution < -0.4 is 11.1 Å². The molecule has 0 saturated carbocycles. The van der Waals surface area contributed by atoms with Crippen LogP contribution in [0.4, 0.5) is 11.4 Å². The molecule has 1 aromatic rings. The van der Waals surface area contributed by atoms with Crippen LogP contribution in [-0.2, 0) is 0 Å². The maximum Gasteiger partial charge on any atom is 0.101 e. The molecule has 0 bridgehead atoms. The van der Waals surface area contributed by atoms with Crippen molar-refractivity contribution < 1.29 is 5.11 Å². The Labute approximate surface area is 95.7 Å². The van der Waals surface area contributed by atoms with E-state index in [0.29, 0.717) is 17.2 Å². The van der Waals surface area contributed by atoms with Crippen LogP contribution in [0, 0.1) is 17.2 Å². The van der Waals surface area contributed by atoms with E-state index in [0.717, 1.165) is 5.69 Å². The number of aliphatic hydroxyl groups excluding tert-OH is 1. The number of hydrogen-bond donors (Lipinski definition) is 3. The van der Waals surface area contributed by atoms with Crippen molar-refractivity contribution in [3.05, 3.63) is 23.8 Å². The van der Waals surface area contributed by atoms with Gasteiger partial charge in [-0.25, -0.2) is 0 Å². The van der Waals surface area contributed by atoms with Gasteiger partial charge in [0.25, 0.3) is 0 Å². The van der Waals surface area contributed by atoms with Crippen LogP contribution in [0.3, 0.4) is 0 Å². The Morgan fingerprint density at radius 2 is 2.19 bits per heavy atom. The molecule has 0 fully saturated rings. The first kappa shape index (κ1) is 12.3. The summed E-state index contributed by atoms with van der Waals surface area (Å²) in [5.74, 6) is 0.313. The third kappa shape index (κ3) is 2.88. The fourth-order valence-electron chi connectivity index (χ4n) is 1.38. The van der Waals surface area contributed by atoms with Crippen molar-refractivity contribution in [2.24, 2.45) is 5.92 Å². The Morgan fingerprint density at radius 1 is 1.50 bits per heavy atom. The molecule has 4 nitrogen and oxygen atoms in total. The number of nitrogens with zero attached hydrogens (tertiary/aromatic N) is 1. The van der Waals surface area contributed by atoms with E-state index in [1.54, 1.807) is 18.2 Å². The number of benzene rings is 1. The van der Waals surface area contributed by atoms with Gasteiger partial charge in [0.2, 0.25) is 0 Å². The van der Waals surface area contributed by atoms with Gasteiger partial charge in [0.1, 0.15) is 6.07 Å². The van der Waals surface area contributed by atoms with Crippen LogP contribution in [0.5, 0.6) is 0 Å². The molecule has 0 aliphatic carbocycles. The monoisotopic (exact) mass is 219 g/mol. The van der Waals surface area contributed by atoms with Crippen molar-refractivity contribution in [2.75, 3.05) is 17.7 Å². The van der Waals surface area contributed by atoms with Gasteiger partial charge in [-0.15, -0.1) is 0 Å². The number of nitriles is 1. The average Bonchev–Trinajstić information content (AvgIpc) is 2.27. The van der Waals surface area contributed by atoms with E-state index in [-0.39, 0.29) is 12.6 Å². The van der Waals surface area contributed by atoms with Crippen molar-refractivity contribution in [1.29, 1.82) is 5.26 Å². The standard InChI is InChI=1S/C12H17N3O/c1-8(2)12(7-16)15-10-3-4-11(14)9(5-10)6-13/h3-5,8,12,15-16H,7,14H2,1-2H3. The summed E-state index contributed by atoms with van der Waals surface area (Å²) in [6, 6.07) is 7.20. The molecule has 0 aliphatic heterocycles. The quantitative estimate of drug-likeness (QED) is 0.671. The Kier molecular flexibility index (Phi) is 4.15. The molecule has 0 aliphatic rings. The van der Waals surface area contributed by atoms with Crippen molar-refractivity contribution >= 4 is 11.4 Å². The third-order valence-corrected chi connectivity index (χ3v) is 2.53. The van der Waals surface area contributed by atoms with Crippen LogP contribution in [0.1, 0.15) is 19.4 Å². The molecule has 1 unspecified atom stereocenters. The zero-order valence-electron chi connectivity index (χ0n) is 9.57.